The summed E-state index contributed by atoms with van der Waals surface area (Å²) < 4.78 is 5.54. The maximum absolute atomic E-state index is 12.0. The van der Waals surface area contributed by atoms with Gasteiger partial charge in [0.15, 0.2) is 0 Å². The molecule has 0 saturated heterocycles. The molecule has 0 spiro atoms. The Morgan fingerprint density at radius 2 is 1.96 bits per heavy atom. The Morgan fingerprint density at radius 1 is 1.12 bits per heavy atom. The summed E-state index contributed by atoms with van der Waals surface area (Å²) in [6.45, 7) is 2.29. The molecule has 0 aliphatic rings. The molecule has 1 amide bonds. The fraction of sp³-hybridized carbons (Fsp3) is 0.158. The van der Waals surface area contributed by atoms with Crippen molar-refractivity contribution in [1.82, 2.24) is 10.2 Å². The van der Waals surface area contributed by atoms with Crippen molar-refractivity contribution < 1.29 is 9.53 Å². The third-order valence-corrected chi connectivity index (χ3v) is 3.49. The van der Waals surface area contributed by atoms with Gasteiger partial charge in [-0.15, -0.1) is 0 Å². The third-order valence-electron chi connectivity index (χ3n) is 3.49. The van der Waals surface area contributed by atoms with E-state index in [1.165, 1.54) is 0 Å². The number of aryl methyl sites for hydroxylation is 1. The average molecular weight is 321 g/mol. The van der Waals surface area contributed by atoms with Crippen molar-refractivity contribution >= 4 is 11.6 Å². The molecule has 0 aliphatic carbocycles. The number of aromatic amines is 1. The number of carbonyl (C=O) groups excluding carboxylic acids is 1. The topological polar surface area (TPSA) is 67.0 Å². The van der Waals surface area contributed by atoms with E-state index in [0.29, 0.717) is 13.0 Å². The molecule has 5 nitrogen and oxygen atoms in total. The largest absolute Gasteiger partial charge is 0.493 e. The van der Waals surface area contributed by atoms with Crippen LogP contribution in [0.15, 0.2) is 60.7 Å². The van der Waals surface area contributed by atoms with Crippen LogP contribution >= 0.6 is 0 Å². The third kappa shape index (κ3) is 4.23. The van der Waals surface area contributed by atoms with E-state index in [-0.39, 0.29) is 5.91 Å². The van der Waals surface area contributed by atoms with Crippen molar-refractivity contribution in [3.8, 4) is 17.0 Å². The second-order valence-corrected chi connectivity index (χ2v) is 5.48. The smallest absolute Gasteiger partial charge is 0.227 e. The standard InChI is InChI=1S/C19H19N3O2/c1-14-12-18(22-21-14)15-6-5-7-16(13-15)20-19(23)10-11-24-17-8-3-2-4-9-17/h2-9,12-13H,10-11H2,1H3,(H,20,23)(H,21,22). The Kier molecular flexibility index (Phi) is 4.91. The van der Waals surface area contributed by atoms with Gasteiger partial charge in [0.2, 0.25) is 5.91 Å². The van der Waals surface area contributed by atoms with Crippen molar-refractivity contribution in [2.75, 3.05) is 11.9 Å². The van der Waals surface area contributed by atoms with Crippen LogP contribution in [-0.2, 0) is 4.79 Å². The van der Waals surface area contributed by atoms with Gasteiger partial charge in [0.1, 0.15) is 5.75 Å². The number of rotatable bonds is 6. The number of H-pyrrole nitrogens is 1. The van der Waals surface area contributed by atoms with Gasteiger partial charge in [0.25, 0.3) is 0 Å². The van der Waals surface area contributed by atoms with Crippen LogP contribution in [0.5, 0.6) is 5.75 Å². The van der Waals surface area contributed by atoms with Crippen LogP contribution in [0.4, 0.5) is 5.69 Å². The summed E-state index contributed by atoms with van der Waals surface area (Å²) in [4.78, 5) is 12.0. The highest BCUT2D eigenvalue weighted by atomic mass is 16.5. The Bertz CT molecular complexity index is 812. The molecular formula is C19H19N3O2. The molecule has 0 unspecified atom stereocenters. The second-order valence-electron chi connectivity index (χ2n) is 5.48. The van der Waals surface area contributed by atoms with Gasteiger partial charge in [-0.2, -0.15) is 5.10 Å². The Hall–Kier alpha value is -3.08. The van der Waals surface area contributed by atoms with E-state index in [4.69, 9.17) is 4.74 Å². The monoisotopic (exact) mass is 321 g/mol. The summed E-state index contributed by atoms with van der Waals surface area (Å²) >= 11 is 0. The first-order valence-corrected chi connectivity index (χ1v) is 7.81. The number of aromatic nitrogens is 2. The Balaban J connectivity index is 1.54. The highest BCUT2D eigenvalue weighted by Crippen LogP contribution is 2.21. The molecule has 0 bridgehead atoms. The molecule has 24 heavy (non-hydrogen) atoms. The first-order chi connectivity index (χ1) is 11.7. The van der Waals surface area contributed by atoms with Crippen LogP contribution in [0.3, 0.4) is 0 Å². The van der Waals surface area contributed by atoms with E-state index in [9.17, 15) is 4.79 Å². The van der Waals surface area contributed by atoms with E-state index in [1.54, 1.807) is 0 Å². The number of ether oxygens (including phenoxy) is 1. The highest BCUT2D eigenvalue weighted by Gasteiger charge is 2.06. The summed E-state index contributed by atoms with van der Waals surface area (Å²) in [6, 6.07) is 19.1. The fourth-order valence-electron chi connectivity index (χ4n) is 2.32. The SMILES string of the molecule is Cc1cc(-c2cccc(NC(=O)CCOc3ccccc3)c2)n[nH]1. The summed E-state index contributed by atoms with van der Waals surface area (Å²) in [5, 5.41) is 10.0. The van der Waals surface area contributed by atoms with Gasteiger partial charge in [-0.05, 0) is 37.3 Å². The van der Waals surface area contributed by atoms with Crippen LogP contribution in [0.2, 0.25) is 0 Å². The summed E-state index contributed by atoms with van der Waals surface area (Å²) in [6.07, 6.45) is 0.292. The van der Waals surface area contributed by atoms with Gasteiger partial charge in [-0.1, -0.05) is 30.3 Å². The van der Waals surface area contributed by atoms with Crippen LogP contribution < -0.4 is 10.1 Å². The molecule has 1 heterocycles. The molecule has 0 aliphatic heterocycles. The predicted octanol–water partition coefficient (Wildman–Crippen LogP) is 3.79. The van der Waals surface area contributed by atoms with Crippen molar-refractivity contribution in [3.05, 3.63) is 66.4 Å². The lowest BCUT2D eigenvalue weighted by molar-refractivity contribution is -0.116. The van der Waals surface area contributed by atoms with Gasteiger partial charge >= 0.3 is 0 Å². The summed E-state index contributed by atoms with van der Waals surface area (Å²) in [5.41, 5.74) is 3.56. The zero-order valence-corrected chi connectivity index (χ0v) is 13.5. The molecule has 1 aromatic heterocycles. The molecule has 3 rings (SSSR count). The van der Waals surface area contributed by atoms with Gasteiger partial charge in [-0.3, -0.25) is 9.89 Å². The second kappa shape index (κ2) is 7.46. The number of amides is 1. The average Bonchev–Trinajstić information content (AvgIpc) is 3.03. The normalized spacial score (nSPS) is 10.4. The highest BCUT2D eigenvalue weighted by molar-refractivity contribution is 5.91. The van der Waals surface area contributed by atoms with E-state index < -0.39 is 0 Å². The van der Waals surface area contributed by atoms with Gasteiger partial charge in [0.05, 0.1) is 18.7 Å². The Labute approximate surface area is 140 Å². The zero-order chi connectivity index (χ0) is 16.8. The maximum Gasteiger partial charge on any atom is 0.227 e. The van der Waals surface area contributed by atoms with Crippen molar-refractivity contribution in [3.63, 3.8) is 0 Å². The number of anilines is 1. The van der Waals surface area contributed by atoms with Crippen LogP contribution in [-0.4, -0.2) is 22.7 Å². The molecule has 0 atom stereocenters. The first kappa shape index (κ1) is 15.8. The fourth-order valence-corrected chi connectivity index (χ4v) is 2.32. The van der Waals surface area contributed by atoms with E-state index in [0.717, 1.165) is 28.4 Å². The first-order valence-electron chi connectivity index (χ1n) is 7.81. The van der Waals surface area contributed by atoms with Crippen LogP contribution in [0.25, 0.3) is 11.3 Å². The van der Waals surface area contributed by atoms with Gasteiger partial charge in [0, 0.05) is 16.9 Å². The molecule has 0 saturated carbocycles. The minimum absolute atomic E-state index is 0.0821. The zero-order valence-electron chi connectivity index (χ0n) is 13.5. The number of hydrogen-bond acceptors (Lipinski definition) is 3. The van der Waals surface area contributed by atoms with Gasteiger partial charge < -0.3 is 10.1 Å². The lowest BCUT2D eigenvalue weighted by Crippen LogP contribution is -2.15. The van der Waals surface area contributed by atoms with Crippen molar-refractivity contribution in [2.24, 2.45) is 0 Å². The minimum Gasteiger partial charge on any atom is -0.493 e. The number of carbonyl (C=O) groups is 1. The summed E-state index contributed by atoms with van der Waals surface area (Å²) in [7, 11) is 0. The molecule has 122 valence electrons. The minimum atomic E-state index is -0.0821. The lowest BCUT2D eigenvalue weighted by atomic mass is 10.1. The van der Waals surface area contributed by atoms with Crippen molar-refractivity contribution in [2.45, 2.75) is 13.3 Å². The van der Waals surface area contributed by atoms with Gasteiger partial charge in [-0.25, -0.2) is 0 Å². The van der Waals surface area contributed by atoms with Crippen LogP contribution in [0.1, 0.15) is 12.1 Å². The molecule has 5 heteroatoms. The maximum atomic E-state index is 12.0. The lowest BCUT2D eigenvalue weighted by Gasteiger charge is -2.08. The quantitative estimate of drug-likeness (QED) is 0.726. The molecule has 2 aromatic carbocycles. The van der Waals surface area contributed by atoms with E-state index >= 15 is 0 Å². The van der Waals surface area contributed by atoms with Crippen molar-refractivity contribution in [1.29, 1.82) is 0 Å². The van der Waals surface area contributed by atoms with E-state index in [1.807, 2.05) is 67.6 Å². The number of nitrogens with zero attached hydrogens (tertiary/aromatic N) is 1. The number of benzene rings is 2. The number of hydrogen-bond donors (Lipinski definition) is 2. The molecular weight excluding hydrogens is 302 g/mol. The molecule has 3 aromatic rings. The number of nitrogens with one attached hydrogen (secondary N) is 2. The van der Waals surface area contributed by atoms with Crippen LogP contribution in [0, 0.1) is 6.92 Å². The molecule has 2 N–H and O–H groups in total. The number of para-hydroxylation sites is 1. The Morgan fingerprint density at radius 3 is 2.71 bits per heavy atom. The molecule has 0 fully saturated rings. The molecule has 0 radical (unpaired) electrons. The van der Waals surface area contributed by atoms with E-state index in [2.05, 4.69) is 15.5 Å². The summed E-state index contributed by atoms with van der Waals surface area (Å²) in [5.74, 6) is 0.683. The predicted molar refractivity (Wildman–Crippen MR) is 93.9 cm³/mol.